The number of methoxy groups -OCH3 is 1. The van der Waals surface area contributed by atoms with Crippen LogP contribution in [0.15, 0.2) is 76.6 Å². The van der Waals surface area contributed by atoms with E-state index in [0.717, 1.165) is 27.9 Å². The Bertz CT molecular complexity index is 1180. The molecule has 0 unspecified atom stereocenters. The van der Waals surface area contributed by atoms with Crippen molar-refractivity contribution in [2.24, 2.45) is 4.99 Å². The first kappa shape index (κ1) is 21.7. The summed E-state index contributed by atoms with van der Waals surface area (Å²) in [5.41, 5.74) is 5.02. The molecule has 0 bridgehead atoms. The zero-order valence-electron chi connectivity index (χ0n) is 18.2. The molecule has 1 heterocycles. The summed E-state index contributed by atoms with van der Waals surface area (Å²) < 4.78 is 11.4. The molecule has 4 rings (SSSR count). The molecule has 1 aliphatic rings. The number of carbonyl (C=O) groups is 1. The smallest absolute Gasteiger partial charge is 0.264 e. The van der Waals surface area contributed by atoms with Gasteiger partial charge < -0.3 is 14.8 Å². The molecule has 3 aromatic carbocycles. The van der Waals surface area contributed by atoms with E-state index in [4.69, 9.17) is 9.47 Å². The molecule has 0 atom stereocenters. The Morgan fingerprint density at radius 3 is 2.44 bits per heavy atom. The first-order valence-electron chi connectivity index (χ1n) is 10.2. The van der Waals surface area contributed by atoms with Gasteiger partial charge in [0.2, 0.25) is 0 Å². The van der Waals surface area contributed by atoms with Gasteiger partial charge >= 0.3 is 0 Å². The van der Waals surface area contributed by atoms with Crippen molar-refractivity contribution < 1.29 is 14.3 Å². The number of nitrogens with one attached hydrogen (secondary N) is 1. The molecule has 0 radical (unpaired) electrons. The molecule has 32 heavy (non-hydrogen) atoms. The number of rotatable bonds is 6. The molecule has 0 aromatic heterocycles. The van der Waals surface area contributed by atoms with Crippen molar-refractivity contribution in [3.8, 4) is 11.5 Å². The first-order chi connectivity index (χ1) is 15.5. The number of nitrogens with zero attached hydrogens (tertiary/aromatic N) is 1. The van der Waals surface area contributed by atoms with Crippen LogP contribution in [0, 0.1) is 13.8 Å². The molecule has 162 valence electrons. The van der Waals surface area contributed by atoms with E-state index in [1.807, 2.05) is 80.6 Å². The maximum absolute atomic E-state index is 12.5. The SMILES string of the molecule is COc1cc(/C=C2\SC(=Nc3cc(C)cc(C)c3)NC2=O)ccc1OCc1ccccc1. The van der Waals surface area contributed by atoms with E-state index >= 15 is 0 Å². The average molecular weight is 445 g/mol. The molecule has 5 nitrogen and oxygen atoms in total. The van der Waals surface area contributed by atoms with Gasteiger partial charge in [-0.15, -0.1) is 0 Å². The third-order valence-corrected chi connectivity index (χ3v) is 5.72. The van der Waals surface area contributed by atoms with Gasteiger partial charge in [0.1, 0.15) is 6.61 Å². The molecule has 6 heteroatoms. The first-order valence-corrected chi connectivity index (χ1v) is 11.0. The summed E-state index contributed by atoms with van der Waals surface area (Å²) in [6, 6.07) is 21.7. The van der Waals surface area contributed by atoms with Gasteiger partial charge in [0.05, 0.1) is 17.7 Å². The summed E-state index contributed by atoms with van der Waals surface area (Å²) in [5.74, 6) is 1.10. The predicted octanol–water partition coefficient (Wildman–Crippen LogP) is 5.78. The summed E-state index contributed by atoms with van der Waals surface area (Å²) in [4.78, 5) is 17.6. The van der Waals surface area contributed by atoms with Crippen LogP contribution in [0.5, 0.6) is 11.5 Å². The maximum Gasteiger partial charge on any atom is 0.264 e. The highest BCUT2D eigenvalue weighted by molar-refractivity contribution is 8.18. The molecule has 1 aliphatic heterocycles. The van der Waals surface area contributed by atoms with E-state index in [-0.39, 0.29) is 5.91 Å². The molecule has 1 fully saturated rings. The number of thioether (sulfide) groups is 1. The lowest BCUT2D eigenvalue weighted by atomic mass is 10.1. The number of aryl methyl sites for hydroxylation is 2. The molecule has 0 spiro atoms. The van der Waals surface area contributed by atoms with Gasteiger partial charge in [0.25, 0.3) is 5.91 Å². The van der Waals surface area contributed by atoms with E-state index in [2.05, 4.69) is 16.4 Å². The summed E-state index contributed by atoms with van der Waals surface area (Å²) >= 11 is 1.32. The van der Waals surface area contributed by atoms with E-state index in [0.29, 0.717) is 28.2 Å². The summed E-state index contributed by atoms with van der Waals surface area (Å²) in [6.45, 7) is 4.51. The van der Waals surface area contributed by atoms with Crippen LogP contribution in [0.1, 0.15) is 22.3 Å². The largest absolute Gasteiger partial charge is 0.493 e. The predicted molar refractivity (Wildman–Crippen MR) is 130 cm³/mol. The lowest BCUT2D eigenvalue weighted by Crippen LogP contribution is -2.19. The third-order valence-electron chi connectivity index (χ3n) is 4.81. The quantitative estimate of drug-likeness (QED) is 0.490. The number of amidine groups is 1. The Kier molecular flexibility index (Phi) is 6.61. The number of hydrogen-bond donors (Lipinski definition) is 1. The van der Waals surface area contributed by atoms with Crippen molar-refractivity contribution in [1.29, 1.82) is 0 Å². The summed E-state index contributed by atoms with van der Waals surface area (Å²) in [5, 5.41) is 3.41. The minimum Gasteiger partial charge on any atom is -0.493 e. The number of hydrogen-bond acceptors (Lipinski definition) is 5. The van der Waals surface area contributed by atoms with E-state index in [9.17, 15) is 4.79 Å². The van der Waals surface area contributed by atoms with Crippen LogP contribution < -0.4 is 14.8 Å². The number of carbonyl (C=O) groups excluding carboxylic acids is 1. The highest BCUT2D eigenvalue weighted by Gasteiger charge is 2.24. The third kappa shape index (κ3) is 5.39. The molecular weight excluding hydrogens is 420 g/mol. The van der Waals surface area contributed by atoms with Crippen LogP contribution in [-0.2, 0) is 11.4 Å². The van der Waals surface area contributed by atoms with Gasteiger partial charge in [0, 0.05) is 0 Å². The van der Waals surface area contributed by atoms with Gasteiger partial charge in [0.15, 0.2) is 16.7 Å². The number of ether oxygens (including phenoxy) is 2. The van der Waals surface area contributed by atoms with Crippen molar-refractivity contribution in [1.82, 2.24) is 5.32 Å². The Balaban J connectivity index is 1.50. The lowest BCUT2D eigenvalue weighted by molar-refractivity contribution is -0.115. The van der Waals surface area contributed by atoms with Crippen molar-refractivity contribution >= 4 is 34.6 Å². The number of amides is 1. The van der Waals surface area contributed by atoms with Crippen molar-refractivity contribution in [2.45, 2.75) is 20.5 Å². The normalized spacial score (nSPS) is 15.8. The summed E-state index contributed by atoms with van der Waals surface area (Å²) in [7, 11) is 1.60. The standard InChI is InChI=1S/C26H24N2O3S/c1-17-11-18(2)13-21(12-17)27-26-28-25(29)24(32-26)15-20-9-10-22(23(14-20)30-3)31-16-19-7-5-4-6-8-19/h4-15H,16H2,1-3H3,(H,27,28,29)/b24-15-. The molecule has 3 aromatic rings. The average Bonchev–Trinajstić information content (AvgIpc) is 3.11. The Morgan fingerprint density at radius 2 is 1.72 bits per heavy atom. The monoisotopic (exact) mass is 444 g/mol. The Labute approximate surface area is 192 Å². The molecule has 1 saturated heterocycles. The van der Waals surface area contributed by atoms with Crippen LogP contribution >= 0.6 is 11.8 Å². The van der Waals surface area contributed by atoms with Gasteiger partial charge in [-0.3, -0.25) is 4.79 Å². The van der Waals surface area contributed by atoms with Gasteiger partial charge in [-0.25, -0.2) is 4.99 Å². The molecule has 0 aliphatic carbocycles. The van der Waals surface area contributed by atoms with E-state index < -0.39 is 0 Å². The summed E-state index contributed by atoms with van der Waals surface area (Å²) in [6.07, 6.45) is 1.83. The molecule has 1 amide bonds. The van der Waals surface area contributed by atoms with Crippen LogP contribution in [-0.4, -0.2) is 18.2 Å². The fraction of sp³-hybridized carbons (Fsp3) is 0.154. The second kappa shape index (κ2) is 9.75. The van der Waals surface area contributed by atoms with Crippen LogP contribution in [0.3, 0.4) is 0 Å². The minimum absolute atomic E-state index is 0.165. The second-order valence-electron chi connectivity index (χ2n) is 7.51. The molecule has 1 N–H and O–H groups in total. The fourth-order valence-corrected chi connectivity index (χ4v) is 4.23. The second-order valence-corrected chi connectivity index (χ2v) is 8.54. The highest BCUT2D eigenvalue weighted by Crippen LogP contribution is 2.33. The lowest BCUT2D eigenvalue weighted by Gasteiger charge is -2.11. The number of benzene rings is 3. The minimum atomic E-state index is -0.165. The molecular formula is C26H24N2O3S. The Morgan fingerprint density at radius 1 is 0.969 bits per heavy atom. The van der Waals surface area contributed by atoms with Crippen LogP contribution in [0.25, 0.3) is 6.08 Å². The number of aliphatic imine (C=N–C) groups is 1. The van der Waals surface area contributed by atoms with Gasteiger partial charge in [-0.05, 0) is 78.2 Å². The van der Waals surface area contributed by atoms with Crippen LogP contribution in [0.4, 0.5) is 5.69 Å². The Hall–Kier alpha value is -3.51. The van der Waals surface area contributed by atoms with Gasteiger partial charge in [-0.2, -0.15) is 0 Å². The topological polar surface area (TPSA) is 59.9 Å². The zero-order chi connectivity index (χ0) is 22.5. The van der Waals surface area contributed by atoms with Crippen molar-refractivity contribution in [2.75, 3.05) is 7.11 Å². The highest BCUT2D eigenvalue weighted by atomic mass is 32.2. The maximum atomic E-state index is 12.5. The van der Waals surface area contributed by atoms with Gasteiger partial charge in [-0.1, -0.05) is 42.5 Å². The zero-order valence-corrected chi connectivity index (χ0v) is 19.0. The van der Waals surface area contributed by atoms with Crippen molar-refractivity contribution in [3.05, 3.63) is 93.9 Å². The van der Waals surface area contributed by atoms with Crippen molar-refractivity contribution in [3.63, 3.8) is 0 Å². The molecule has 0 saturated carbocycles. The fourth-order valence-electron chi connectivity index (χ4n) is 3.39. The van der Waals surface area contributed by atoms with E-state index in [1.54, 1.807) is 7.11 Å². The van der Waals surface area contributed by atoms with Crippen LogP contribution in [0.2, 0.25) is 0 Å². The van der Waals surface area contributed by atoms with E-state index in [1.165, 1.54) is 11.8 Å².